The minimum absolute atomic E-state index is 0.0564. The van der Waals surface area contributed by atoms with Crippen molar-refractivity contribution < 1.29 is 14.6 Å². The van der Waals surface area contributed by atoms with Gasteiger partial charge in [0.05, 0.1) is 13.2 Å². The number of piperidine rings is 3. The number of nitrogens with one attached hydrogen (secondary N) is 1. The van der Waals surface area contributed by atoms with Crippen LogP contribution in [0, 0.1) is 17.8 Å². The van der Waals surface area contributed by atoms with Gasteiger partial charge in [-0.2, -0.15) is 0 Å². The van der Waals surface area contributed by atoms with Gasteiger partial charge in [-0.05, 0) is 42.9 Å². The maximum absolute atomic E-state index is 13.5. The van der Waals surface area contributed by atoms with E-state index >= 15 is 0 Å². The van der Waals surface area contributed by atoms with E-state index in [0.29, 0.717) is 35.7 Å². The highest BCUT2D eigenvalue weighted by Gasteiger charge is 2.65. The molecule has 4 fully saturated rings. The van der Waals surface area contributed by atoms with Gasteiger partial charge >= 0.3 is 0 Å². The molecule has 0 radical (unpaired) electrons. The average Bonchev–Trinajstić information content (AvgIpc) is 2.93. The molecule has 2 unspecified atom stereocenters. The normalized spacial score (nSPS) is 43.9. The molecule has 1 spiro atoms. The van der Waals surface area contributed by atoms with Crippen molar-refractivity contribution in [1.29, 1.82) is 0 Å². The molecule has 2 N–H and O–H groups in total. The number of methoxy groups -OCH3 is 1. The first kappa shape index (κ1) is 15.6. The van der Waals surface area contributed by atoms with Gasteiger partial charge in [-0.3, -0.25) is 9.69 Å². The van der Waals surface area contributed by atoms with Gasteiger partial charge in [0.2, 0.25) is 0 Å². The fraction of sp³-hybridized carbons (Fsp3) is 0.650. The first-order valence-electron chi connectivity index (χ1n) is 9.51. The highest BCUT2D eigenvalue weighted by molar-refractivity contribution is 6.14. The summed E-state index contributed by atoms with van der Waals surface area (Å²) < 4.78 is 5.30. The first-order chi connectivity index (χ1) is 12.1. The van der Waals surface area contributed by atoms with Crippen molar-refractivity contribution in [2.24, 2.45) is 17.8 Å². The minimum Gasteiger partial charge on any atom is -0.497 e. The van der Waals surface area contributed by atoms with Gasteiger partial charge in [0.15, 0.2) is 5.78 Å². The molecule has 1 aromatic carbocycles. The topological polar surface area (TPSA) is 61.8 Å². The van der Waals surface area contributed by atoms with E-state index in [1.54, 1.807) is 7.11 Å². The van der Waals surface area contributed by atoms with Crippen LogP contribution in [0.15, 0.2) is 18.2 Å². The number of rotatable bonds is 2. The number of aliphatic hydroxyl groups excluding tert-OH is 1. The van der Waals surface area contributed by atoms with Gasteiger partial charge < -0.3 is 15.2 Å². The van der Waals surface area contributed by atoms with Crippen LogP contribution in [-0.2, 0) is 0 Å². The molecule has 25 heavy (non-hydrogen) atoms. The Morgan fingerprint density at radius 2 is 2.20 bits per heavy atom. The largest absolute Gasteiger partial charge is 0.497 e. The van der Waals surface area contributed by atoms with Crippen LogP contribution >= 0.6 is 0 Å². The van der Waals surface area contributed by atoms with E-state index in [1.807, 2.05) is 18.2 Å². The van der Waals surface area contributed by atoms with E-state index in [1.165, 1.54) is 6.42 Å². The summed E-state index contributed by atoms with van der Waals surface area (Å²) in [6.45, 7) is 3.94. The molecule has 0 amide bonds. The molecule has 5 aliphatic rings. The predicted octanol–water partition coefficient (Wildman–Crippen LogP) is 2.15. The molecule has 1 aromatic rings. The molecule has 6 rings (SSSR count). The third-order valence-corrected chi connectivity index (χ3v) is 7.26. The Bertz CT molecular complexity index is 736. The molecular formula is C20H26N2O3. The number of ether oxygens (including phenoxy) is 1. The zero-order valence-corrected chi connectivity index (χ0v) is 14.9. The summed E-state index contributed by atoms with van der Waals surface area (Å²) in [5, 5.41) is 14.6. The van der Waals surface area contributed by atoms with Gasteiger partial charge in [0, 0.05) is 36.3 Å². The monoisotopic (exact) mass is 342 g/mol. The third-order valence-electron chi connectivity index (χ3n) is 7.26. The first-order valence-corrected chi connectivity index (χ1v) is 9.51. The third kappa shape index (κ3) is 1.88. The lowest BCUT2D eigenvalue weighted by atomic mass is 9.55. The standard InChI is InChI=1S/C20H26N2O3/c1-3-12-6-11-7-15-18(12)22(9-11)10-17(23)20(15)19(24)14-8-13(25-2)4-5-16(14)21-20/h4-5,8,11-12,15,17-18,21,23H,3,6-7,9-10H2,1-2H3/t11?,12-,15+,17+,18-,20-/m0/s1. The molecule has 5 heteroatoms. The zero-order chi connectivity index (χ0) is 17.3. The highest BCUT2D eigenvalue weighted by Crippen LogP contribution is 2.55. The summed E-state index contributed by atoms with van der Waals surface area (Å²) in [5.74, 6) is 2.21. The molecule has 0 aromatic heterocycles. The molecule has 1 saturated carbocycles. The van der Waals surface area contributed by atoms with Gasteiger partial charge in [0.25, 0.3) is 0 Å². The van der Waals surface area contributed by atoms with E-state index in [-0.39, 0.29) is 11.7 Å². The molecule has 1 aliphatic carbocycles. The van der Waals surface area contributed by atoms with E-state index < -0.39 is 11.6 Å². The number of aliphatic hydroxyl groups is 1. The maximum atomic E-state index is 13.5. The minimum atomic E-state index is -0.859. The molecule has 4 bridgehead atoms. The van der Waals surface area contributed by atoms with Gasteiger partial charge in [0.1, 0.15) is 11.3 Å². The van der Waals surface area contributed by atoms with E-state index in [2.05, 4.69) is 17.1 Å². The van der Waals surface area contributed by atoms with E-state index in [4.69, 9.17) is 4.74 Å². The second kappa shape index (κ2) is 5.21. The van der Waals surface area contributed by atoms with Crippen molar-refractivity contribution in [3.63, 3.8) is 0 Å². The Labute approximate surface area is 148 Å². The SMILES string of the molecule is CC[C@H]1CC2C[C@@H]3[C@H]1N(C2)C[C@@H](O)[C@@]31Nc2ccc(OC)cc2C1=O. The van der Waals surface area contributed by atoms with Crippen LogP contribution in [0.1, 0.15) is 36.5 Å². The lowest BCUT2D eigenvalue weighted by Crippen LogP contribution is -2.76. The number of hydrogen-bond acceptors (Lipinski definition) is 5. The molecule has 4 heterocycles. The number of anilines is 1. The summed E-state index contributed by atoms with van der Waals surface area (Å²) in [4.78, 5) is 16.0. The summed E-state index contributed by atoms with van der Waals surface area (Å²) in [6.07, 6.45) is 2.79. The number of carbonyl (C=O) groups excluding carboxylic acids is 1. The van der Waals surface area contributed by atoms with Crippen molar-refractivity contribution in [2.45, 2.75) is 43.9 Å². The average molecular weight is 342 g/mol. The van der Waals surface area contributed by atoms with Gasteiger partial charge in [-0.15, -0.1) is 0 Å². The van der Waals surface area contributed by atoms with Crippen LogP contribution in [0.4, 0.5) is 5.69 Å². The summed E-state index contributed by atoms with van der Waals surface area (Å²) in [6, 6.07) is 6.02. The second-order valence-corrected chi connectivity index (χ2v) is 8.31. The molecule has 3 saturated heterocycles. The lowest BCUT2D eigenvalue weighted by molar-refractivity contribution is -0.132. The molecule has 5 nitrogen and oxygen atoms in total. The smallest absolute Gasteiger partial charge is 0.193 e. The van der Waals surface area contributed by atoms with E-state index in [0.717, 1.165) is 25.1 Å². The van der Waals surface area contributed by atoms with Gasteiger partial charge in [-0.25, -0.2) is 0 Å². The van der Waals surface area contributed by atoms with Crippen LogP contribution in [-0.4, -0.2) is 53.7 Å². The number of Topliss-reactive ketones (excluding diaryl/α,β-unsaturated/α-hetero) is 1. The summed E-state index contributed by atoms with van der Waals surface area (Å²) in [5.41, 5.74) is 0.650. The quantitative estimate of drug-likeness (QED) is 0.862. The molecular weight excluding hydrogens is 316 g/mol. The number of hydrogen-bond donors (Lipinski definition) is 2. The van der Waals surface area contributed by atoms with Crippen LogP contribution in [0.5, 0.6) is 5.75 Å². The fourth-order valence-corrected chi connectivity index (χ4v) is 6.26. The Balaban J connectivity index is 1.60. The van der Waals surface area contributed by atoms with Crippen molar-refractivity contribution >= 4 is 11.5 Å². The zero-order valence-electron chi connectivity index (χ0n) is 14.9. The Morgan fingerprint density at radius 3 is 2.96 bits per heavy atom. The van der Waals surface area contributed by atoms with Crippen LogP contribution in [0.3, 0.4) is 0 Å². The second-order valence-electron chi connectivity index (χ2n) is 8.31. The maximum Gasteiger partial charge on any atom is 0.193 e. The van der Waals surface area contributed by atoms with Crippen molar-refractivity contribution in [3.8, 4) is 5.75 Å². The van der Waals surface area contributed by atoms with Crippen LogP contribution < -0.4 is 10.1 Å². The van der Waals surface area contributed by atoms with E-state index in [9.17, 15) is 9.90 Å². The number of ketones is 1. The molecule has 4 aliphatic heterocycles. The molecule has 7 atom stereocenters. The lowest BCUT2D eigenvalue weighted by Gasteiger charge is -2.63. The van der Waals surface area contributed by atoms with Crippen LogP contribution in [0.2, 0.25) is 0 Å². The van der Waals surface area contributed by atoms with Crippen molar-refractivity contribution in [2.75, 3.05) is 25.5 Å². The molecule has 134 valence electrons. The number of benzene rings is 1. The Kier molecular flexibility index (Phi) is 3.26. The Morgan fingerprint density at radius 1 is 1.36 bits per heavy atom. The number of carbonyl (C=O) groups is 1. The highest BCUT2D eigenvalue weighted by atomic mass is 16.5. The van der Waals surface area contributed by atoms with Crippen LogP contribution in [0.25, 0.3) is 0 Å². The predicted molar refractivity (Wildman–Crippen MR) is 95.0 cm³/mol. The summed E-state index contributed by atoms with van der Waals surface area (Å²) in [7, 11) is 1.61. The van der Waals surface area contributed by atoms with Crippen molar-refractivity contribution in [3.05, 3.63) is 23.8 Å². The summed E-state index contributed by atoms with van der Waals surface area (Å²) >= 11 is 0. The van der Waals surface area contributed by atoms with Gasteiger partial charge in [-0.1, -0.05) is 13.3 Å². The number of fused-ring (bicyclic) bond motifs is 2. The number of nitrogens with zero attached hydrogens (tertiary/aromatic N) is 1. The Hall–Kier alpha value is -1.59. The van der Waals surface area contributed by atoms with Crippen molar-refractivity contribution in [1.82, 2.24) is 4.90 Å². The fourth-order valence-electron chi connectivity index (χ4n) is 6.26.